The number of hydrogen-bond acceptors (Lipinski definition) is 8. The third kappa shape index (κ3) is 7.74. The number of nitrogens with zero attached hydrogens (tertiary/aromatic N) is 5. The Labute approximate surface area is 277 Å². The molecule has 6 rings (SSSR count). The largest absolute Gasteiger partial charge is 0.455 e. The zero-order valence-corrected chi connectivity index (χ0v) is 27.8. The Kier molecular flexibility index (Phi) is 9.37. The number of carbonyl (C=O) groups is 1. The molecule has 1 saturated heterocycles. The van der Waals surface area contributed by atoms with Crippen molar-refractivity contribution in [1.29, 1.82) is 0 Å². The molecule has 256 valence electrons. The van der Waals surface area contributed by atoms with Gasteiger partial charge in [-0.3, -0.25) is 9.88 Å². The molecule has 0 unspecified atom stereocenters. The first-order chi connectivity index (χ1) is 22.8. The van der Waals surface area contributed by atoms with Crippen LogP contribution in [-0.2, 0) is 34.9 Å². The maximum Gasteiger partial charge on any atom is 0.416 e. The number of likely N-dealkylation sites (N-methyl/N-ethyl adjacent to an activating group) is 1. The van der Waals surface area contributed by atoms with Crippen LogP contribution in [0.4, 0.5) is 23.7 Å². The molecule has 3 aromatic heterocycles. The summed E-state index contributed by atoms with van der Waals surface area (Å²) in [6, 6.07) is 8.65. The number of anilines is 1. The predicted molar refractivity (Wildman–Crippen MR) is 176 cm³/mol. The van der Waals surface area contributed by atoms with Crippen LogP contribution in [0, 0.1) is 0 Å². The lowest BCUT2D eigenvalue weighted by atomic mass is 9.92. The van der Waals surface area contributed by atoms with Gasteiger partial charge in [-0.1, -0.05) is 13.0 Å². The second kappa shape index (κ2) is 13.4. The molecule has 11 nitrogen and oxygen atoms in total. The van der Waals surface area contributed by atoms with Crippen LogP contribution in [0.3, 0.4) is 0 Å². The standard InChI is InChI=1S/C33H38F3N7O4S/c1-4-21-18-43(32(44)40-24-6-5-22(28(15-24)33(34,35)36)17-42-11-9-41(2)10-12-42)19-23-13-26(16-38-30(21)23)47-29-7-8-37-31-27(29)14-25(39-31)20-48(3,45)46/h5-8,13-16,21H,4,9-12,17-20H2,1-3H3,(H,37,39)(H,40,44)/t21-/m0/s1. The molecule has 1 atom stereocenters. The second-order valence-corrected chi connectivity index (χ2v) is 14.8. The van der Waals surface area contributed by atoms with Crippen LogP contribution in [0.5, 0.6) is 11.5 Å². The lowest BCUT2D eigenvalue weighted by Crippen LogP contribution is -2.44. The van der Waals surface area contributed by atoms with Crippen molar-refractivity contribution in [2.45, 2.75) is 44.3 Å². The summed E-state index contributed by atoms with van der Waals surface area (Å²) in [6.07, 6.45) is 0.433. The number of nitrogens with one attached hydrogen (secondary N) is 2. The van der Waals surface area contributed by atoms with Crippen molar-refractivity contribution < 1.29 is 31.1 Å². The summed E-state index contributed by atoms with van der Waals surface area (Å²) in [7, 11) is -1.27. The molecule has 2 N–H and O–H groups in total. The molecule has 2 amide bonds. The van der Waals surface area contributed by atoms with Crippen LogP contribution in [0.25, 0.3) is 11.0 Å². The topological polar surface area (TPSA) is 124 Å². The van der Waals surface area contributed by atoms with Crippen LogP contribution in [0.15, 0.2) is 48.8 Å². The normalized spacial score (nSPS) is 17.8. The molecule has 0 bridgehead atoms. The van der Waals surface area contributed by atoms with Crippen LogP contribution >= 0.6 is 0 Å². The fourth-order valence-corrected chi connectivity index (χ4v) is 7.01. The van der Waals surface area contributed by atoms with E-state index in [1.807, 2.05) is 18.9 Å². The highest BCUT2D eigenvalue weighted by atomic mass is 32.2. The van der Waals surface area contributed by atoms with E-state index < -0.39 is 27.6 Å². The van der Waals surface area contributed by atoms with Gasteiger partial charge in [0, 0.05) is 75.6 Å². The number of fused-ring (bicyclic) bond motifs is 2. The van der Waals surface area contributed by atoms with Crippen molar-refractivity contribution in [2.75, 3.05) is 51.3 Å². The number of carbonyl (C=O) groups excluding carboxylic acids is 1. The molecular formula is C33H38F3N7O4S. The lowest BCUT2D eigenvalue weighted by molar-refractivity contribution is -0.138. The summed E-state index contributed by atoms with van der Waals surface area (Å²) in [5.74, 6) is 0.612. The Bertz CT molecular complexity index is 1920. The maximum atomic E-state index is 14.1. The smallest absolute Gasteiger partial charge is 0.416 e. The van der Waals surface area contributed by atoms with Crippen LogP contribution < -0.4 is 10.1 Å². The molecule has 0 spiro atoms. The van der Waals surface area contributed by atoms with Gasteiger partial charge in [0.25, 0.3) is 0 Å². The highest BCUT2D eigenvalue weighted by molar-refractivity contribution is 7.89. The molecule has 48 heavy (non-hydrogen) atoms. The summed E-state index contributed by atoms with van der Waals surface area (Å²) in [4.78, 5) is 31.2. The van der Waals surface area contributed by atoms with Gasteiger partial charge in [-0.15, -0.1) is 0 Å². The van der Waals surface area contributed by atoms with E-state index in [4.69, 9.17) is 4.74 Å². The molecule has 0 aliphatic carbocycles. The Balaban J connectivity index is 1.19. The van der Waals surface area contributed by atoms with E-state index in [1.54, 1.807) is 35.5 Å². The van der Waals surface area contributed by atoms with Gasteiger partial charge in [0.05, 0.1) is 28.6 Å². The highest BCUT2D eigenvalue weighted by Gasteiger charge is 2.35. The number of piperazine rings is 1. The minimum absolute atomic E-state index is 0.0759. The van der Waals surface area contributed by atoms with Gasteiger partial charge >= 0.3 is 12.2 Å². The van der Waals surface area contributed by atoms with Crippen molar-refractivity contribution in [3.63, 3.8) is 0 Å². The minimum atomic E-state index is -4.57. The molecule has 15 heteroatoms. The van der Waals surface area contributed by atoms with Gasteiger partial charge in [-0.05, 0) is 54.9 Å². The molecule has 0 radical (unpaired) electrons. The SMILES string of the molecule is CC[C@H]1CN(C(=O)Nc2ccc(CN3CCN(C)CC3)c(C(F)(F)F)c2)Cc2cc(Oc3ccnc4[nH]c(CS(C)(=O)=O)cc34)cnc21. The van der Waals surface area contributed by atoms with Gasteiger partial charge in [0.15, 0.2) is 9.84 Å². The zero-order valence-electron chi connectivity index (χ0n) is 27.0. The molecular weight excluding hydrogens is 647 g/mol. The van der Waals surface area contributed by atoms with Crippen molar-refractivity contribution in [1.82, 2.24) is 29.7 Å². The van der Waals surface area contributed by atoms with E-state index in [0.29, 0.717) is 54.3 Å². The Morgan fingerprint density at radius 2 is 1.88 bits per heavy atom. The molecule has 1 aromatic carbocycles. The number of benzene rings is 1. The molecule has 2 aliphatic heterocycles. The van der Waals surface area contributed by atoms with E-state index in [0.717, 1.165) is 36.7 Å². The number of rotatable bonds is 8. The Morgan fingerprint density at radius 3 is 2.58 bits per heavy atom. The lowest BCUT2D eigenvalue weighted by Gasteiger charge is -2.34. The summed E-state index contributed by atoms with van der Waals surface area (Å²) < 4.78 is 72.2. The van der Waals surface area contributed by atoms with E-state index in [1.165, 1.54) is 12.1 Å². The molecule has 0 saturated carbocycles. The van der Waals surface area contributed by atoms with E-state index >= 15 is 0 Å². The number of H-pyrrole nitrogens is 1. The fourth-order valence-electron chi connectivity index (χ4n) is 6.29. The van der Waals surface area contributed by atoms with E-state index in [2.05, 4.69) is 25.2 Å². The van der Waals surface area contributed by atoms with Crippen molar-refractivity contribution in [3.05, 3.63) is 76.9 Å². The monoisotopic (exact) mass is 685 g/mol. The zero-order chi connectivity index (χ0) is 34.2. The number of amides is 2. The number of halogens is 3. The quantitative estimate of drug-likeness (QED) is 0.246. The third-order valence-electron chi connectivity index (χ3n) is 8.79. The average Bonchev–Trinajstić information content (AvgIpc) is 3.43. The Hall–Kier alpha value is -4.21. The number of hydrogen-bond donors (Lipinski definition) is 2. The fraction of sp³-hybridized carbons (Fsp3) is 0.424. The molecule has 1 fully saturated rings. The first kappa shape index (κ1) is 33.7. The second-order valence-electron chi connectivity index (χ2n) is 12.6. The summed E-state index contributed by atoms with van der Waals surface area (Å²) in [5, 5.41) is 3.30. The van der Waals surface area contributed by atoms with Gasteiger partial charge in [0.1, 0.15) is 17.1 Å². The average molecular weight is 686 g/mol. The van der Waals surface area contributed by atoms with Crippen LogP contribution in [-0.4, -0.2) is 90.1 Å². The number of aromatic amines is 1. The number of ether oxygens (including phenoxy) is 1. The maximum absolute atomic E-state index is 14.1. The first-order valence-electron chi connectivity index (χ1n) is 15.7. The van der Waals surface area contributed by atoms with Gasteiger partial charge in [-0.25, -0.2) is 18.2 Å². The van der Waals surface area contributed by atoms with E-state index in [-0.39, 0.29) is 36.0 Å². The predicted octanol–water partition coefficient (Wildman–Crippen LogP) is 5.60. The van der Waals surface area contributed by atoms with Gasteiger partial charge < -0.3 is 24.8 Å². The molecule has 5 heterocycles. The van der Waals surface area contributed by atoms with Crippen LogP contribution in [0.1, 0.15) is 47.3 Å². The summed E-state index contributed by atoms with van der Waals surface area (Å²) in [6.45, 7) is 5.69. The number of aromatic nitrogens is 3. The molecule has 2 aliphatic rings. The third-order valence-corrected chi connectivity index (χ3v) is 9.63. The van der Waals surface area contributed by atoms with Crippen molar-refractivity contribution >= 4 is 32.6 Å². The first-order valence-corrected chi connectivity index (χ1v) is 17.8. The minimum Gasteiger partial charge on any atom is -0.455 e. The number of pyridine rings is 2. The van der Waals surface area contributed by atoms with Crippen LogP contribution in [0.2, 0.25) is 0 Å². The summed E-state index contributed by atoms with van der Waals surface area (Å²) >= 11 is 0. The Morgan fingerprint density at radius 1 is 1.10 bits per heavy atom. The van der Waals surface area contributed by atoms with Crippen molar-refractivity contribution in [3.8, 4) is 11.5 Å². The van der Waals surface area contributed by atoms with E-state index in [9.17, 15) is 26.4 Å². The number of alkyl halides is 3. The van der Waals surface area contributed by atoms with Gasteiger partial charge in [-0.2, -0.15) is 13.2 Å². The highest BCUT2D eigenvalue weighted by Crippen LogP contribution is 2.37. The number of sulfone groups is 1. The molecule has 4 aromatic rings. The van der Waals surface area contributed by atoms with Crippen molar-refractivity contribution in [2.24, 2.45) is 0 Å². The number of urea groups is 1. The van der Waals surface area contributed by atoms with Gasteiger partial charge in [0.2, 0.25) is 0 Å². The summed E-state index contributed by atoms with van der Waals surface area (Å²) in [5.41, 5.74) is 2.06.